The van der Waals surface area contributed by atoms with Crippen LogP contribution in [0.1, 0.15) is 18.4 Å². The summed E-state index contributed by atoms with van der Waals surface area (Å²) in [4.78, 5) is 48.3. The van der Waals surface area contributed by atoms with Crippen LogP contribution in [0.15, 0.2) is 43.0 Å². The summed E-state index contributed by atoms with van der Waals surface area (Å²) in [7, 11) is 1.21. The highest BCUT2D eigenvalue weighted by Gasteiger charge is 2.35. The smallest absolute Gasteiger partial charge is 0.328 e. The van der Waals surface area contributed by atoms with Crippen LogP contribution >= 0.6 is 0 Å². The predicted octanol–water partition coefficient (Wildman–Crippen LogP) is -0.164. The summed E-state index contributed by atoms with van der Waals surface area (Å²) in [5, 5.41) is 7.70. The molecule has 8 heteroatoms. The van der Waals surface area contributed by atoms with Gasteiger partial charge in [-0.3, -0.25) is 14.4 Å². The Hall–Kier alpha value is -3.16. The quantitative estimate of drug-likeness (QED) is 0.433. The number of carbonyl (C=O) groups is 4. The molecule has 0 spiro atoms. The van der Waals surface area contributed by atoms with E-state index >= 15 is 0 Å². The van der Waals surface area contributed by atoms with Crippen molar-refractivity contribution in [2.45, 2.75) is 37.4 Å². The molecule has 0 unspecified atom stereocenters. The van der Waals surface area contributed by atoms with Crippen molar-refractivity contribution >= 4 is 23.7 Å². The lowest BCUT2D eigenvalue weighted by atomic mass is 10.0. The van der Waals surface area contributed by atoms with Gasteiger partial charge in [-0.2, -0.15) is 0 Å². The minimum Gasteiger partial charge on any atom is -0.467 e. The Balaban J connectivity index is 1.92. The lowest BCUT2D eigenvalue weighted by Crippen LogP contribution is -2.63. The van der Waals surface area contributed by atoms with Crippen molar-refractivity contribution in [1.29, 1.82) is 0 Å². The molecule has 1 fully saturated rings. The second kappa shape index (κ2) is 9.51. The molecule has 2 rings (SSSR count). The number of rotatable bonds is 8. The van der Waals surface area contributed by atoms with E-state index in [0.717, 1.165) is 5.56 Å². The molecule has 1 aliphatic rings. The van der Waals surface area contributed by atoms with E-state index in [1.165, 1.54) is 13.2 Å². The molecule has 27 heavy (non-hydrogen) atoms. The van der Waals surface area contributed by atoms with Gasteiger partial charge >= 0.3 is 5.97 Å². The van der Waals surface area contributed by atoms with Gasteiger partial charge in [-0.15, -0.1) is 6.58 Å². The fraction of sp³-hybridized carbons (Fsp3) is 0.368. The minimum atomic E-state index is -0.994. The van der Waals surface area contributed by atoms with Crippen LogP contribution < -0.4 is 16.0 Å². The van der Waals surface area contributed by atoms with Gasteiger partial charge in [-0.25, -0.2) is 4.79 Å². The molecule has 0 bridgehead atoms. The van der Waals surface area contributed by atoms with Gasteiger partial charge in [0.25, 0.3) is 0 Å². The number of hydrogen-bond acceptors (Lipinski definition) is 5. The van der Waals surface area contributed by atoms with E-state index in [0.29, 0.717) is 6.42 Å². The SMILES string of the molecule is C=CC[C@H](NC(=O)C[C@@H]1NC(=O)[C@H](Cc2ccccc2)NC1=O)C(=O)OC. The van der Waals surface area contributed by atoms with Gasteiger partial charge in [-0.1, -0.05) is 36.4 Å². The molecule has 0 aromatic heterocycles. The van der Waals surface area contributed by atoms with Crippen molar-refractivity contribution in [3.63, 3.8) is 0 Å². The van der Waals surface area contributed by atoms with E-state index in [2.05, 4.69) is 27.3 Å². The summed E-state index contributed by atoms with van der Waals surface area (Å²) >= 11 is 0. The van der Waals surface area contributed by atoms with E-state index in [9.17, 15) is 19.2 Å². The van der Waals surface area contributed by atoms with Crippen LogP contribution in [-0.2, 0) is 30.3 Å². The number of amides is 3. The Morgan fingerprint density at radius 3 is 2.44 bits per heavy atom. The number of esters is 1. The second-order valence-electron chi connectivity index (χ2n) is 6.18. The van der Waals surface area contributed by atoms with E-state index in [-0.39, 0.29) is 18.7 Å². The van der Waals surface area contributed by atoms with E-state index in [1.807, 2.05) is 30.3 Å². The zero-order valence-corrected chi connectivity index (χ0v) is 15.1. The zero-order chi connectivity index (χ0) is 19.8. The number of carbonyl (C=O) groups excluding carboxylic acids is 4. The molecule has 144 valence electrons. The standard InChI is InChI=1S/C19H23N3O5/c1-3-7-13(19(26)27-2)20-16(23)11-15-18(25)21-14(17(24)22-15)10-12-8-5-4-6-9-12/h3-6,8-9,13-15H,1,7,10-11H2,2H3,(H,20,23)(H,21,25)(H,22,24)/t13-,14-,15-/m0/s1. The normalized spacial score (nSPS) is 20.0. The van der Waals surface area contributed by atoms with Crippen LogP contribution in [0, 0.1) is 0 Å². The van der Waals surface area contributed by atoms with Crippen molar-refractivity contribution in [2.75, 3.05) is 7.11 Å². The Labute approximate surface area is 157 Å². The average Bonchev–Trinajstić information content (AvgIpc) is 2.65. The molecule has 0 aliphatic carbocycles. The predicted molar refractivity (Wildman–Crippen MR) is 97.4 cm³/mol. The van der Waals surface area contributed by atoms with E-state index in [1.54, 1.807) is 0 Å². The highest BCUT2D eigenvalue weighted by molar-refractivity contribution is 5.99. The maximum absolute atomic E-state index is 12.3. The van der Waals surface area contributed by atoms with Crippen molar-refractivity contribution in [2.24, 2.45) is 0 Å². The van der Waals surface area contributed by atoms with Gasteiger partial charge in [0.05, 0.1) is 13.5 Å². The van der Waals surface area contributed by atoms with Crippen LogP contribution in [0.5, 0.6) is 0 Å². The molecular formula is C19H23N3O5. The Morgan fingerprint density at radius 2 is 1.81 bits per heavy atom. The fourth-order valence-electron chi connectivity index (χ4n) is 2.77. The first kappa shape index (κ1) is 20.2. The molecule has 1 heterocycles. The monoisotopic (exact) mass is 373 g/mol. The number of ether oxygens (including phenoxy) is 1. The molecule has 0 saturated carbocycles. The first-order chi connectivity index (χ1) is 12.9. The van der Waals surface area contributed by atoms with Crippen LogP contribution in [0.2, 0.25) is 0 Å². The first-order valence-electron chi connectivity index (χ1n) is 8.57. The molecular weight excluding hydrogens is 350 g/mol. The Bertz CT molecular complexity index is 719. The summed E-state index contributed by atoms with van der Waals surface area (Å²) in [6, 6.07) is 6.74. The average molecular weight is 373 g/mol. The topological polar surface area (TPSA) is 114 Å². The lowest BCUT2D eigenvalue weighted by molar-refractivity contribution is -0.145. The van der Waals surface area contributed by atoms with Gasteiger partial charge in [0.1, 0.15) is 18.1 Å². The van der Waals surface area contributed by atoms with E-state index < -0.39 is 35.9 Å². The summed E-state index contributed by atoms with van der Waals surface area (Å²) in [6.07, 6.45) is 1.76. The van der Waals surface area contributed by atoms with Gasteiger partial charge in [-0.05, 0) is 12.0 Å². The second-order valence-corrected chi connectivity index (χ2v) is 6.18. The number of hydrogen-bond donors (Lipinski definition) is 3. The summed E-state index contributed by atoms with van der Waals surface area (Å²) in [5.74, 6) is -1.95. The minimum absolute atomic E-state index is 0.195. The van der Waals surface area contributed by atoms with E-state index in [4.69, 9.17) is 0 Å². The van der Waals surface area contributed by atoms with Crippen LogP contribution in [0.25, 0.3) is 0 Å². The molecule has 3 amide bonds. The summed E-state index contributed by atoms with van der Waals surface area (Å²) < 4.78 is 4.61. The fourth-order valence-corrected chi connectivity index (χ4v) is 2.77. The van der Waals surface area contributed by atoms with Crippen molar-refractivity contribution < 1.29 is 23.9 Å². The molecule has 8 nitrogen and oxygen atoms in total. The van der Waals surface area contributed by atoms with Crippen molar-refractivity contribution in [3.05, 3.63) is 48.6 Å². The molecule has 1 saturated heterocycles. The molecule has 1 aromatic carbocycles. The molecule has 3 N–H and O–H groups in total. The third kappa shape index (κ3) is 5.67. The highest BCUT2D eigenvalue weighted by Crippen LogP contribution is 2.09. The molecule has 1 aromatic rings. The van der Waals surface area contributed by atoms with Gasteiger partial charge < -0.3 is 20.7 Å². The molecule has 0 radical (unpaired) electrons. The zero-order valence-electron chi connectivity index (χ0n) is 15.1. The number of benzene rings is 1. The van der Waals surface area contributed by atoms with Crippen LogP contribution in [-0.4, -0.2) is 48.9 Å². The van der Waals surface area contributed by atoms with Crippen LogP contribution in [0.4, 0.5) is 0 Å². The van der Waals surface area contributed by atoms with Gasteiger partial charge in [0.2, 0.25) is 17.7 Å². The van der Waals surface area contributed by atoms with Gasteiger partial charge in [0.15, 0.2) is 0 Å². The van der Waals surface area contributed by atoms with Gasteiger partial charge in [0, 0.05) is 6.42 Å². The maximum atomic E-state index is 12.3. The van der Waals surface area contributed by atoms with Crippen molar-refractivity contribution in [1.82, 2.24) is 16.0 Å². The largest absolute Gasteiger partial charge is 0.467 e. The van der Waals surface area contributed by atoms with Crippen molar-refractivity contribution in [3.8, 4) is 0 Å². The molecule has 1 aliphatic heterocycles. The number of piperazine rings is 1. The maximum Gasteiger partial charge on any atom is 0.328 e. The van der Waals surface area contributed by atoms with Crippen LogP contribution in [0.3, 0.4) is 0 Å². The lowest BCUT2D eigenvalue weighted by Gasteiger charge is -2.29. The molecule has 3 atom stereocenters. The third-order valence-electron chi connectivity index (χ3n) is 4.16. The highest BCUT2D eigenvalue weighted by atomic mass is 16.5. The first-order valence-corrected chi connectivity index (χ1v) is 8.57. The Morgan fingerprint density at radius 1 is 1.19 bits per heavy atom. The number of nitrogens with one attached hydrogen (secondary N) is 3. The Kier molecular flexibility index (Phi) is 7.10. The summed E-state index contributed by atoms with van der Waals surface area (Å²) in [5.41, 5.74) is 0.916. The third-order valence-corrected chi connectivity index (χ3v) is 4.16. The number of methoxy groups -OCH3 is 1. The summed E-state index contributed by atoms with van der Waals surface area (Å²) in [6.45, 7) is 3.52.